The second-order valence-corrected chi connectivity index (χ2v) is 6.69. The van der Waals surface area contributed by atoms with Gasteiger partial charge in [0.1, 0.15) is 18.5 Å². The van der Waals surface area contributed by atoms with Gasteiger partial charge in [-0.2, -0.15) is 0 Å². The molecule has 0 radical (unpaired) electrons. The molecule has 2 aromatic carbocycles. The standard InChI is InChI=1S/C21H23FN2O5/c1-13-4-6-15(22)9-16(13)23-21(26)17-11-29-12-20(25)24(17)10-14-5-7-18(27-2)19(8-14)28-3/h4-9,17H,10-12H2,1-3H3,(H,23,26)/t17-/m0/s1. The minimum absolute atomic E-state index is 0.0548. The summed E-state index contributed by atoms with van der Waals surface area (Å²) in [5.41, 5.74) is 1.85. The predicted octanol–water partition coefficient (Wildman–Crippen LogP) is 2.52. The lowest BCUT2D eigenvalue weighted by Crippen LogP contribution is -2.54. The van der Waals surface area contributed by atoms with Crippen LogP contribution in [0, 0.1) is 12.7 Å². The smallest absolute Gasteiger partial charge is 0.249 e. The molecule has 0 aliphatic carbocycles. The molecule has 0 unspecified atom stereocenters. The highest BCUT2D eigenvalue weighted by atomic mass is 19.1. The van der Waals surface area contributed by atoms with Gasteiger partial charge in [-0.15, -0.1) is 0 Å². The average molecular weight is 402 g/mol. The number of carbonyl (C=O) groups is 2. The van der Waals surface area contributed by atoms with E-state index >= 15 is 0 Å². The van der Waals surface area contributed by atoms with Crippen molar-refractivity contribution in [3.05, 3.63) is 53.3 Å². The first-order chi connectivity index (χ1) is 13.9. The normalized spacial score (nSPS) is 16.5. The van der Waals surface area contributed by atoms with Crippen LogP contribution in [-0.2, 0) is 20.9 Å². The van der Waals surface area contributed by atoms with Gasteiger partial charge in [-0.05, 0) is 42.3 Å². The van der Waals surface area contributed by atoms with Crippen LogP contribution in [-0.4, -0.2) is 50.2 Å². The van der Waals surface area contributed by atoms with Crippen molar-refractivity contribution in [2.75, 3.05) is 32.8 Å². The maximum atomic E-state index is 13.5. The highest BCUT2D eigenvalue weighted by Crippen LogP contribution is 2.29. The van der Waals surface area contributed by atoms with E-state index in [9.17, 15) is 14.0 Å². The minimum atomic E-state index is -0.841. The Balaban J connectivity index is 1.81. The zero-order valence-electron chi connectivity index (χ0n) is 16.5. The molecule has 0 spiro atoms. The number of amides is 2. The quantitative estimate of drug-likeness (QED) is 0.804. The molecule has 1 N–H and O–H groups in total. The summed E-state index contributed by atoms with van der Waals surface area (Å²) in [5, 5.41) is 2.70. The van der Waals surface area contributed by atoms with E-state index in [1.807, 2.05) is 0 Å². The van der Waals surface area contributed by atoms with Crippen LogP contribution in [0.15, 0.2) is 36.4 Å². The number of benzene rings is 2. The molecule has 1 heterocycles. The number of hydrogen-bond donors (Lipinski definition) is 1. The number of aryl methyl sites for hydroxylation is 1. The van der Waals surface area contributed by atoms with E-state index in [1.165, 1.54) is 31.3 Å². The molecule has 1 aliphatic heterocycles. The van der Waals surface area contributed by atoms with Crippen LogP contribution in [0.1, 0.15) is 11.1 Å². The summed E-state index contributed by atoms with van der Waals surface area (Å²) < 4.78 is 29.4. The monoisotopic (exact) mass is 402 g/mol. The van der Waals surface area contributed by atoms with Gasteiger partial charge in [0.15, 0.2) is 11.5 Å². The van der Waals surface area contributed by atoms with E-state index < -0.39 is 17.8 Å². The number of nitrogens with one attached hydrogen (secondary N) is 1. The summed E-state index contributed by atoms with van der Waals surface area (Å²) in [5.74, 6) is -0.0963. The zero-order chi connectivity index (χ0) is 21.0. The van der Waals surface area contributed by atoms with Crippen LogP contribution in [0.4, 0.5) is 10.1 Å². The Morgan fingerprint density at radius 3 is 2.69 bits per heavy atom. The van der Waals surface area contributed by atoms with Gasteiger partial charge in [-0.3, -0.25) is 9.59 Å². The molecule has 2 amide bonds. The van der Waals surface area contributed by atoms with Crippen LogP contribution >= 0.6 is 0 Å². The summed E-state index contributed by atoms with van der Waals surface area (Å²) in [6, 6.07) is 8.60. The van der Waals surface area contributed by atoms with E-state index in [-0.39, 0.29) is 25.7 Å². The fourth-order valence-electron chi connectivity index (χ4n) is 3.14. The number of methoxy groups -OCH3 is 2. The van der Waals surface area contributed by atoms with Gasteiger partial charge in [0, 0.05) is 12.2 Å². The molecule has 1 fully saturated rings. The van der Waals surface area contributed by atoms with Crippen molar-refractivity contribution in [2.45, 2.75) is 19.5 Å². The van der Waals surface area contributed by atoms with Crippen LogP contribution in [0.25, 0.3) is 0 Å². The fourth-order valence-corrected chi connectivity index (χ4v) is 3.14. The van der Waals surface area contributed by atoms with Crippen LogP contribution < -0.4 is 14.8 Å². The van der Waals surface area contributed by atoms with E-state index in [4.69, 9.17) is 14.2 Å². The number of anilines is 1. The molecule has 1 saturated heterocycles. The van der Waals surface area contributed by atoms with Crippen molar-refractivity contribution < 1.29 is 28.2 Å². The van der Waals surface area contributed by atoms with E-state index in [2.05, 4.69) is 5.32 Å². The van der Waals surface area contributed by atoms with E-state index in [0.717, 1.165) is 5.56 Å². The number of rotatable bonds is 6. The van der Waals surface area contributed by atoms with Crippen LogP contribution in [0.5, 0.6) is 11.5 Å². The molecule has 3 rings (SSSR count). The van der Waals surface area contributed by atoms with Crippen molar-refractivity contribution in [1.29, 1.82) is 0 Å². The lowest BCUT2D eigenvalue weighted by Gasteiger charge is -2.34. The third-order valence-corrected chi connectivity index (χ3v) is 4.76. The zero-order valence-corrected chi connectivity index (χ0v) is 16.5. The Kier molecular flexibility index (Phi) is 6.33. The fraction of sp³-hybridized carbons (Fsp3) is 0.333. The summed E-state index contributed by atoms with van der Waals surface area (Å²) in [4.78, 5) is 26.8. The molecule has 2 aromatic rings. The summed E-state index contributed by atoms with van der Waals surface area (Å²) in [6.07, 6.45) is 0. The minimum Gasteiger partial charge on any atom is -0.493 e. The largest absolute Gasteiger partial charge is 0.493 e. The molecule has 8 heteroatoms. The number of nitrogens with zero attached hydrogens (tertiary/aromatic N) is 1. The average Bonchev–Trinajstić information content (AvgIpc) is 2.72. The van der Waals surface area contributed by atoms with Crippen molar-refractivity contribution in [2.24, 2.45) is 0 Å². The highest BCUT2D eigenvalue weighted by molar-refractivity contribution is 5.98. The second-order valence-electron chi connectivity index (χ2n) is 6.69. The Morgan fingerprint density at radius 2 is 1.97 bits per heavy atom. The van der Waals surface area contributed by atoms with Gasteiger partial charge in [0.05, 0.1) is 20.8 Å². The number of hydrogen-bond acceptors (Lipinski definition) is 5. The third kappa shape index (κ3) is 4.65. The van der Waals surface area contributed by atoms with Gasteiger partial charge in [0.2, 0.25) is 11.8 Å². The molecule has 1 aliphatic rings. The summed E-state index contributed by atoms with van der Waals surface area (Å²) >= 11 is 0. The van der Waals surface area contributed by atoms with Crippen LogP contribution in [0.3, 0.4) is 0 Å². The number of ether oxygens (including phenoxy) is 3. The Bertz CT molecular complexity index is 918. The molecular weight excluding hydrogens is 379 g/mol. The summed E-state index contributed by atoms with van der Waals surface area (Å²) in [7, 11) is 3.07. The number of halogens is 1. The lowest BCUT2D eigenvalue weighted by atomic mass is 10.1. The first kappa shape index (κ1) is 20.6. The number of morpholine rings is 1. The first-order valence-electron chi connectivity index (χ1n) is 9.08. The predicted molar refractivity (Wildman–Crippen MR) is 104 cm³/mol. The highest BCUT2D eigenvalue weighted by Gasteiger charge is 2.34. The van der Waals surface area contributed by atoms with Gasteiger partial charge in [-0.25, -0.2) is 4.39 Å². The molecule has 0 saturated carbocycles. The Hall–Kier alpha value is -3.13. The molecule has 7 nitrogen and oxygen atoms in total. The number of carbonyl (C=O) groups excluding carboxylic acids is 2. The molecule has 0 bridgehead atoms. The topological polar surface area (TPSA) is 77.1 Å². The molecule has 0 aromatic heterocycles. The Morgan fingerprint density at radius 1 is 1.21 bits per heavy atom. The molecule has 1 atom stereocenters. The first-order valence-corrected chi connectivity index (χ1v) is 9.08. The molecule has 154 valence electrons. The Labute approximate surface area is 168 Å². The van der Waals surface area contributed by atoms with Crippen molar-refractivity contribution in [3.63, 3.8) is 0 Å². The molecule has 29 heavy (non-hydrogen) atoms. The van der Waals surface area contributed by atoms with Crippen molar-refractivity contribution >= 4 is 17.5 Å². The SMILES string of the molecule is COc1ccc(CN2C(=O)COC[C@H]2C(=O)Nc2cc(F)ccc2C)cc1OC. The van der Waals surface area contributed by atoms with Crippen molar-refractivity contribution in [1.82, 2.24) is 4.90 Å². The molecular formula is C21H23FN2O5. The van der Waals surface area contributed by atoms with Gasteiger partial charge in [0.25, 0.3) is 0 Å². The second kappa shape index (κ2) is 8.91. The van der Waals surface area contributed by atoms with Gasteiger partial charge >= 0.3 is 0 Å². The summed E-state index contributed by atoms with van der Waals surface area (Å²) in [6.45, 7) is 1.91. The third-order valence-electron chi connectivity index (χ3n) is 4.76. The van der Waals surface area contributed by atoms with Crippen molar-refractivity contribution in [3.8, 4) is 11.5 Å². The lowest BCUT2D eigenvalue weighted by molar-refractivity contribution is -0.154. The van der Waals surface area contributed by atoms with Gasteiger partial charge in [-0.1, -0.05) is 12.1 Å². The maximum absolute atomic E-state index is 13.5. The van der Waals surface area contributed by atoms with Gasteiger partial charge < -0.3 is 24.4 Å². The van der Waals surface area contributed by atoms with Crippen LogP contribution in [0.2, 0.25) is 0 Å². The van der Waals surface area contributed by atoms with E-state index in [1.54, 1.807) is 31.2 Å². The maximum Gasteiger partial charge on any atom is 0.249 e. The van der Waals surface area contributed by atoms with E-state index in [0.29, 0.717) is 22.7 Å².